The standard InChI is InChI=1S/C23H19N3O3S/c1-15-7-6-11-20-21(15)25-23(30-20)26(13-16-8-4-5-12-24-16)22(27)19-14-28-17-9-2-3-10-18(17)29-19/h2-12,19H,13-14H2,1H3. The maximum atomic E-state index is 13.5. The van der Waals surface area contributed by atoms with E-state index >= 15 is 0 Å². The molecule has 1 aliphatic rings. The Morgan fingerprint density at radius 1 is 1.10 bits per heavy atom. The van der Waals surface area contributed by atoms with E-state index in [4.69, 9.17) is 14.5 Å². The first-order valence-electron chi connectivity index (χ1n) is 9.65. The van der Waals surface area contributed by atoms with Crippen LogP contribution in [-0.2, 0) is 11.3 Å². The molecule has 0 aliphatic carbocycles. The third kappa shape index (κ3) is 3.48. The number of carbonyl (C=O) groups is 1. The summed E-state index contributed by atoms with van der Waals surface area (Å²) in [5.41, 5.74) is 2.76. The lowest BCUT2D eigenvalue weighted by atomic mass is 10.2. The van der Waals surface area contributed by atoms with Gasteiger partial charge < -0.3 is 9.47 Å². The van der Waals surface area contributed by atoms with Gasteiger partial charge in [-0.15, -0.1) is 0 Å². The number of hydrogen-bond acceptors (Lipinski definition) is 6. The number of pyridine rings is 1. The molecule has 0 spiro atoms. The lowest BCUT2D eigenvalue weighted by molar-refractivity contribution is -0.127. The van der Waals surface area contributed by atoms with Crippen molar-refractivity contribution in [3.8, 4) is 11.5 Å². The summed E-state index contributed by atoms with van der Waals surface area (Å²) in [4.78, 5) is 24.3. The SMILES string of the molecule is Cc1cccc2sc(N(Cc3ccccn3)C(=O)C3COc4ccccc4O3)nc12. The van der Waals surface area contributed by atoms with E-state index in [1.54, 1.807) is 17.2 Å². The quantitative estimate of drug-likeness (QED) is 0.493. The molecular formula is C23H19N3O3S. The Morgan fingerprint density at radius 3 is 2.73 bits per heavy atom. The van der Waals surface area contributed by atoms with Gasteiger partial charge >= 0.3 is 0 Å². The number of thiazole rings is 1. The molecule has 2 aromatic carbocycles. The van der Waals surface area contributed by atoms with E-state index in [0.29, 0.717) is 23.2 Å². The number of anilines is 1. The number of amides is 1. The number of hydrogen-bond donors (Lipinski definition) is 0. The Hall–Kier alpha value is -3.45. The number of benzene rings is 2. The molecule has 3 heterocycles. The molecule has 1 atom stereocenters. The number of ether oxygens (including phenoxy) is 2. The summed E-state index contributed by atoms with van der Waals surface area (Å²) >= 11 is 1.49. The molecule has 0 saturated carbocycles. The second-order valence-corrected chi connectivity index (χ2v) is 8.04. The van der Waals surface area contributed by atoms with Crippen molar-refractivity contribution in [3.05, 3.63) is 78.1 Å². The van der Waals surface area contributed by atoms with Gasteiger partial charge in [0.25, 0.3) is 5.91 Å². The van der Waals surface area contributed by atoms with E-state index in [9.17, 15) is 4.79 Å². The van der Waals surface area contributed by atoms with Crippen LogP contribution in [0.4, 0.5) is 5.13 Å². The van der Waals surface area contributed by atoms with E-state index in [-0.39, 0.29) is 12.5 Å². The lowest BCUT2D eigenvalue weighted by Gasteiger charge is -2.29. The van der Waals surface area contributed by atoms with Crippen LogP contribution in [-0.4, -0.2) is 28.6 Å². The monoisotopic (exact) mass is 417 g/mol. The average molecular weight is 417 g/mol. The fourth-order valence-corrected chi connectivity index (χ4v) is 4.45. The molecule has 5 rings (SSSR count). The minimum atomic E-state index is -0.753. The molecular weight excluding hydrogens is 398 g/mol. The normalized spacial score (nSPS) is 15.2. The van der Waals surface area contributed by atoms with Gasteiger partial charge in [0.1, 0.15) is 6.61 Å². The molecule has 150 valence electrons. The number of rotatable bonds is 4. The molecule has 4 aromatic rings. The van der Waals surface area contributed by atoms with Crippen molar-refractivity contribution in [1.29, 1.82) is 0 Å². The Morgan fingerprint density at radius 2 is 1.93 bits per heavy atom. The van der Waals surface area contributed by atoms with Crippen molar-refractivity contribution in [3.63, 3.8) is 0 Å². The lowest BCUT2D eigenvalue weighted by Crippen LogP contribution is -2.46. The second kappa shape index (κ2) is 7.76. The van der Waals surface area contributed by atoms with E-state index < -0.39 is 6.10 Å². The minimum Gasteiger partial charge on any atom is -0.485 e. The third-order valence-corrected chi connectivity index (χ3v) is 5.98. The third-order valence-electron chi connectivity index (χ3n) is 4.94. The highest BCUT2D eigenvalue weighted by atomic mass is 32.1. The van der Waals surface area contributed by atoms with E-state index in [2.05, 4.69) is 4.98 Å². The topological polar surface area (TPSA) is 64.6 Å². The van der Waals surface area contributed by atoms with Gasteiger partial charge in [0.05, 0.1) is 22.5 Å². The number of aryl methyl sites for hydroxylation is 1. The zero-order chi connectivity index (χ0) is 20.5. The molecule has 30 heavy (non-hydrogen) atoms. The zero-order valence-electron chi connectivity index (χ0n) is 16.3. The molecule has 6 nitrogen and oxygen atoms in total. The number of nitrogens with zero attached hydrogens (tertiary/aromatic N) is 3. The van der Waals surface area contributed by atoms with Crippen molar-refractivity contribution >= 4 is 32.6 Å². The summed E-state index contributed by atoms with van der Waals surface area (Å²) in [5.74, 6) is 1.01. The van der Waals surface area contributed by atoms with Gasteiger partial charge in [0.2, 0.25) is 6.10 Å². The number of aromatic nitrogens is 2. The molecule has 2 aromatic heterocycles. The Balaban J connectivity index is 1.50. The maximum Gasteiger partial charge on any atom is 0.273 e. The van der Waals surface area contributed by atoms with Gasteiger partial charge in [-0.3, -0.25) is 14.7 Å². The summed E-state index contributed by atoms with van der Waals surface area (Å²) in [5, 5.41) is 0.623. The predicted octanol–water partition coefficient (Wildman–Crippen LogP) is 4.37. The van der Waals surface area contributed by atoms with E-state index in [1.807, 2.05) is 61.5 Å². The Bertz CT molecular complexity index is 1210. The summed E-state index contributed by atoms with van der Waals surface area (Å²) in [6.45, 7) is 2.48. The van der Waals surface area contributed by atoms with Crippen molar-refractivity contribution in [1.82, 2.24) is 9.97 Å². The predicted molar refractivity (Wildman–Crippen MR) is 116 cm³/mol. The highest BCUT2D eigenvalue weighted by Crippen LogP contribution is 2.34. The minimum absolute atomic E-state index is 0.151. The fraction of sp³-hybridized carbons (Fsp3) is 0.174. The Labute approximate surface area is 177 Å². The van der Waals surface area contributed by atoms with Crippen LogP contribution in [0.1, 0.15) is 11.3 Å². The molecule has 0 N–H and O–H groups in total. The molecule has 1 aliphatic heterocycles. The van der Waals surface area contributed by atoms with Gasteiger partial charge in [-0.2, -0.15) is 0 Å². The van der Waals surface area contributed by atoms with Gasteiger partial charge in [-0.1, -0.05) is 41.7 Å². The van der Waals surface area contributed by atoms with Gasteiger partial charge in [0.15, 0.2) is 16.6 Å². The first-order valence-corrected chi connectivity index (χ1v) is 10.5. The molecule has 0 radical (unpaired) electrons. The first kappa shape index (κ1) is 18.6. The molecule has 1 amide bonds. The van der Waals surface area contributed by atoms with E-state index in [0.717, 1.165) is 21.5 Å². The van der Waals surface area contributed by atoms with Crippen LogP contribution >= 0.6 is 11.3 Å². The van der Waals surface area contributed by atoms with Gasteiger partial charge in [-0.05, 0) is 42.8 Å². The Kier molecular flexibility index (Phi) is 4.80. The number of para-hydroxylation sites is 3. The first-order chi connectivity index (χ1) is 14.7. The van der Waals surface area contributed by atoms with Crippen LogP contribution in [0, 0.1) is 6.92 Å². The summed E-state index contributed by atoms with van der Waals surface area (Å²) in [6.07, 6.45) is 0.966. The highest BCUT2D eigenvalue weighted by molar-refractivity contribution is 7.22. The van der Waals surface area contributed by atoms with E-state index in [1.165, 1.54) is 11.3 Å². The molecule has 0 saturated heterocycles. The summed E-state index contributed by atoms with van der Waals surface area (Å²) < 4.78 is 12.8. The summed E-state index contributed by atoms with van der Waals surface area (Å²) in [6, 6.07) is 19.1. The molecule has 0 bridgehead atoms. The van der Waals surface area contributed by atoms with Crippen molar-refractivity contribution < 1.29 is 14.3 Å². The number of carbonyl (C=O) groups excluding carboxylic acids is 1. The smallest absolute Gasteiger partial charge is 0.273 e. The fourth-order valence-electron chi connectivity index (χ4n) is 3.40. The van der Waals surface area contributed by atoms with Crippen molar-refractivity contribution in [2.75, 3.05) is 11.5 Å². The van der Waals surface area contributed by atoms with Crippen LogP contribution in [0.25, 0.3) is 10.2 Å². The van der Waals surface area contributed by atoms with Crippen molar-refractivity contribution in [2.24, 2.45) is 0 Å². The zero-order valence-corrected chi connectivity index (χ0v) is 17.1. The second-order valence-electron chi connectivity index (χ2n) is 7.03. The molecule has 1 unspecified atom stereocenters. The largest absolute Gasteiger partial charge is 0.485 e. The van der Waals surface area contributed by atoms with Gasteiger partial charge in [-0.25, -0.2) is 4.98 Å². The highest BCUT2D eigenvalue weighted by Gasteiger charge is 2.33. The van der Waals surface area contributed by atoms with Gasteiger partial charge in [0, 0.05) is 6.20 Å². The number of fused-ring (bicyclic) bond motifs is 2. The molecule has 0 fully saturated rings. The van der Waals surface area contributed by atoms with Crippen LogP contribution < -0.4 is 14.4 Å². The van der Waals surface area contributed by atoms with Crippen LogP contribution in [0.15, 0.2) is 66.9 Å². The summed E-state index contributed by atoms with van der Waals surface area (Å²) in [7, 11) is 0. The molecule has 7 heteroatoms. The van der Waals surface area contributed by atoms with Crippen LogP contribution in [0.2, 0.25) is 0 Å². The average Bonchev–Trinajstić information content (AvgIpc) is 3.23. The van der Waals surface area contributed by atoms with Crippen LogP contribution in [0.3, 0.4) is 0 Å². The maximum absolute atomic E-state index is 13.5. The van der Waals surface area contributed by atoms with Crippen LogP contribution in [0.5, 0.6) is 11.5 Å². The van der Waals surface area contributed by atoms with Crippen molar-refractivity contribution in [2.45, 2.75) is 19.6 Å².